The van der Waals surface area contributed by atoms with E-state index in [4.69, 9.17) is 4.74 Å². The van der Waals surface area contributed by atoms with Crippen molar-refractivity contribution < 1.29 is 4.74 Å². The van der Waals surface area contributed by atoms with Crippen LogP contribution in [-0.4, -0.2) is 23.7 Å². The third-order valence-electron chi connectivity index (χ3n) is 8.31. The van der Waals surface area contributed by atoms with Gasteiger partial charge in [-0.1, -0.05) is 66.7 Å². The van der Waals surface area contributed by atoms with Gasteiger partial charge in [0.05, 0.1) is 5.76 Å². The molecule has 2 aliphatic heterocycles. The van der Waals surface area contributed by atoms with Crippen LogP contribution in [0.2, 0.25) is 0 Å². The van der Waals surface area contributed by atoms with Gasteiger partial charge < -0.3 is 4.74 Å². The van der Waals surface area contributed by atoms with Crippen LogP contribution in [0.5, 0.6) is 0 Å². The summed E-state index contributed by atoms with van der Waals surface area (Å²) < 4.78 is 7.34. The van der Waals surface area contributed by atoms with Crippen molar-refractivity contribution in [1.82, 2.24) is 4.90 Å². The maximum absolute atomic E-state index is 7.34. The summed E-state index contributed by atoms with van der Waals surface area (Å²) in [5.74, 6) is 2.30. The zero-order valence-electron chi connectivity index (χ0n) is 19.1. The Hall–Kier alpha value is -2.32. The van der Waals surface area contributed by atoms with Crippen LogP contribution in [-0.2, 0) is 4.74 Å². The van der Waals surface area contributed by atoms with Crippen LogP contribution in [0.1, 0.15) is 74.8 Å². The Kier molecular flexibility index (Phi) is 5.43. The minimum Gasteiger partial charge on any atom is -0.473 e. The topological polar surface area (TPSA) is 12.5 Å². The van der Waals surface area contributed by atoms with E-state index < -0.39 is 0 Å². The molecule has 0 N–H and O–H groups in total. The lowest BCUT2D eigenvalue weighted by Crippen LogP contribution is -2.61. The molecular weight excluding hydrogens is 390 g/mol. The molecule has 2 heteroatoms. The Balaban J connectivity index is 1.55. The van der Waals surface area contributed by atoms with Crippen molar-refractivity contribution in [2.24, 2.45) is 5.92 Å². The van der Waals surface area contributed by atoms with Gasteiger partial charge in [-0.2, -0.15) is 0 Å². The average molecular weight is 426 g/mol. The first-order valence-electron chi connectivity index (χ1n) is 12.8. The van der Waals surface area contributed by atoms with Gasteiger partial charge in [-0.05, 0) is 73.6 Å². The molecular formula is C30H35NO. The van der Waals surface area contributed by atoms with Crippen LogP contribution in [0.3, 0.4) is 0 Å². The van der Waals surface area contributed by atoms with Crippen molar-refractivity contribution in [1.29, 1.82) is 0 Å². The van der Waals surface area contributed by atoms with E-state index in [9.17, 15) is 0 Å². The van der Waals surface area contributed by atoms with Gasteiger partial charge in [0.25, 0.3) is 0 Å². The van der Waals surface area contributed by atoms with E-state index in [0.29, 0.717) is 11.8 Å². The highest BCUT2D eigenvalue weighted by Gasteiger charge is 2.58. The summed E-state index contributed by atoms with van der Waals surface area (Å²) in [6.07, 6.45) is 13.6. The van der Waals surface area contributed by atoms with E-state index in [-0.39, 0.29) is 5.72 Å². The molecule has 32 heavy (non-hydrogen) atoms. The SMILES string of the molecule is C(=C1/CCC[C@H]2[C@H](c3ccccc3)C3=C(CCCC3)O[C@]12N1CCCC1)/c1ccccc1. The first-order valence-corrected chi connectivity index (χ1v) is 12.8. The Morgan fingerprint density at radius 3 is 2.28 bits per heavy atom. The first-order chi connectivity index (χ1) is 15.9. The Morgan fingerprint density at radius 1 is 0.781 bits per heavy atom. The predicted octanol–water partition coefficient (Wildman–Crippen LogP) is 7.30. The van der Waals surface area contributed by atoms with Gasteiger partial charge in [-0.15, -0.1) is 0 Å². The molecule has 2 fully saturated rings. The van der Waals surface area contributed by atoms with E-state index in [2.05, 4.69) is 71.6 Å². The van der Waals surface area contributed by atoms with Gasteiger partial charge in [-0.25, -0.2) is 0 Å². The molecule has 2 heterocycles. The summed E-state index contributed by atoms with van der Waals surface area (Å²) in [7, 11) is 0. The Labute approximate surface area is 193 Å². The molecule has 6 rings (SSSR count). The second-order valence-electron chi connectivity index (χ2n) is 10.1. The fourth-order valence-corrected chi connectivity index (χ4v) is 7.01. The highest BCUT2D eigenvalue weighted by Crippen LogP contribution is 2.58. The normalized spacial score (nSPS) is 31.8. The van der Waals surface area contributed by atoms with Crippen LogP contribution in [0, 0.1) is 5.92 Å². The van der Waals surface area contributed by atoms with Crippen molar-refractivity contribution in [3.05, 3.63) is 88.7 Å². The van der Waals surface area contributed by atoms with E-state index >= 15 is 0 Å². The largest absolute Gasteiger partial charge is 0.473 e. The average Bonchev–Trinajstić information content (AvgIpc) is 3.40. The smallest absolute Gasteiger partial charge is 0.189 e. The Morgan fingerprint density at radius 2 is 1.50 bits per heavy atom. The zero-order chi connectivity index (χ0) is 21.4. The lowest BCUT2D eigenvalue weighted by Gasteiger charge is -2.57. The lowest BCUT2D eigenvalue weighted by atomic mass is 9.63. The second-order valence-corrected chi connectivity index (χ2v) is 10.1. The minimum atomic E-state index is -0.277. The van der Waals surface area contributed by atoms with Crippen LogP contribution < -0.4 is 0 Å². The number of rotatable bonds is 3. The monoisotopic (exact) mass is 425 g/mol. The number of fused-ring (bicyclic) bond motifs is 1. The summed E-state index contributed by atoms with van der Waals surface area (Å²) in [4.78, 5) is 2.74. The third kappa shape index (κ3) is 3.35. The number of nitrogens with zero attached hydrogens (tertiary/aromatic N) is 1. The first kappa shape index (κ1) is 20.3. The lowest BCUT2D eigenvalue weighted by molar-refractivity contribution is -0.161. The number of likely N-dealkylation sites (tertiary alicyclic amines) is 1. The fourth-order valence-electron chi connectivity index (χ4n) is 7.01. The summed E-state index contributed by atoms with van der Waals surface area (Å²) in [6.45, 7) is 2.32. The molecule has 0 aromatic heterocycles. The Bertz CT molecular complexity index is 1000. The highest BCUT2D eigenvalue weighted by atomic mass is 16.5. The van der Waals surface area contributed by atoms with Gasteiger partial charge in [0.15, 0.2) is 5.72 Å². The van der Waals surface area contributed by atoms with Gasteiger partial charge in [0.2, 0.25) is 0 Å². The number of allylic oxidation sites excluding steroid dienone is 2. The van der Waals surface area contributed by atoms with Crippen LogP contribution in [0.25, 0.3) is 6.08 Å². The molecule has 166 valence electrons. The molecule has 2 aromatic rings. The number of ether oxygens (including phenoxy) is 1. The number of hydrogen-bond acceptors (Lipinski definition) is 2. The van der Waals surface area contributed by atoms with Gasteiger partial charge in [0, 0.05) is 31.3 Å². The molecule has 2 aliphatic carbocycles. The predicted molar refractivity (Wildman–Crippen MR) is 131 cm³/mol. The molecule has 0 spiro atoms. The number of benzene rings is 2. The van der Waals surface area contributed by atoms with Gasteiger partial charge in [0.1, 0.15) is 0 Å². The summed E-state index contributed by atoms with van der Waals surface area (Å²) in [5.41, 5.74) is 5.66. The standard InChI is InChI=1S/C30H35NO/c1-3-12-23(13-4-1)22-25-16-11-18-27-29(24-14-5-2-6-15-24)26-17-7-8-19-28(26)32-30(25,27)31-20-9-10-21-31/h1-6,12-15,22,27,29H,7-11,16-21H2/b25-22+/t27-,29+,30+/m0/s1. The zero-order valence-corrected chi connectivity index (χ0v) is 19.1. The van der Waals surface area contributed by atoms with Crippen LogP contribution in [0.4, 0.5) is 0 Å². The molecule has 0 radical (unpaired) electrons. The molecule has 1 saturated carbocycles. The van der Waals surface area contributed by atoms with Gasteiger partial charge >= 0.3 is 0 Å². The molecule has 0 bridgehead atoms. The molecule has 0 amide bonds. The minimum absolute atomic E-state index is 0.277. The van der Waals surface area contributed by atoms with E-state index in [1.54, 1.807) is 5.57 Å². The van der Waals surface area contributed by atoms with Crippen molar-refractivity contribution in [3.63, 3.8) is 0 Å². The fraction of sp³-hybridized carbons (Fsp3) is 0.467. The highest BCUT2D eigenvalue weighted by molar-refractivity contribution is 5.57. The molecule has 2 nitrogen and oxygen atoms in total. The van der Waals surface area contributed by atoms with Crippen molar-refractivity contribution in [2.45, 2.75) is 69.4 Å². The molecule has 3 atom stereocenters. The maximum Gasteiger partial charge on any atom is 0.189 e. The second kappa shape index (κ2) is 8.56. The summed E-state index contributed by atoms with van der Waals surface area (Å²) in [6, 6.07) is 22.3. The maximum atomic E-state index is 7.34. The molecule has 1 saturated heterocycles. The van der Waals surface area contributed by atoms with Crippen molar-refractivity contribution in [3.8, 4) is 0 Å². The van der Waals surface area contributed by atoms with Crippen molar-refractivity contribution >= 4 is 6.08 Å². The summed E-state index contributed by atoms with van der Waals surface area (Å²) in [5, 5.41) is 0. The van der Waals surface area contributed by atoms with Gasteiger partial charge in [-0.3, -0.25) is 4.90 Å². The van der Waals surface area contributed by atoms with E-state index in [1.807, 2.05) is 0 Å². The van der Waals surface area contributed by atoms with E-state index in [0.717, 1.165) is 25.9 Å². The van der Waals surface area contributed by atoms with E-state index in [1.165, 1.54) is 67.4 Å². The number of hydrogen-bond donors (Lipinski definition) is 0. The molecule has 2 aromatic carbocycles. The van der Waals surface area contributed by atoms with Crippen LogP contribution >= 0.6 is 0 Å². The quantitative estimate of drug-likeness (QED) is 0.511. The summed E-state index contributed by atoms with van der Waals surface area (Å²) >= 11 is 0. The van der Waals surface area contributed by atoms with Crippen molar-refractivity contribution in [2.75, 3.05) is 13.1 Å². The van der Waals surface area contributed by atoms with Crippen LogP contribution in [0.15, 0.2) is 77.6 Å². The molecule has 4 aliphatic rings. The third-order valence-corrected chi connectivity index (χ3v) is 8.31. The molecule has 0 unspecified atom stereocenters.